The maximum atomic E-state index is 12.3. The number of carbonyl (C=O) groups is 1. The number of aliphatic imine (C=N–C) groups is 1. The Bertz CT molecular complexity index is 593. The predicted octanol–water partition coefficient (Wildman–Crippen LogP) is 1.74. The molecule has 1 amide bonds. The number of ether oxygens (including phenoxy) is 1. The SMILES string of the molecule is CN=C(NCC(=O)N1CCCCC1)N1CCC(Oc2ccccn2)C1.I. The van der Waals surface area contributed by atoms with Gasteiger partial charge in [-0.05, 0) is 25.3 Å². The van der Waals surface area contributed by atoms with E-state index in [0.717, 1.165) is 51.4 Å². The first kappa shape index (κ1) is 20.7. The first-order valence-corrected chi connectivity index (χ1v) is 9.07. The van der Waals surface area contributed by atoms with Gasteiger partial charge < -0.3 is 19.9 Å². The molecule has 1 aromatic heterocycles. The molecule has 8 heteroatoms. The molecule has 1 atom stereocenters. The lowest BCUT2D eigenvalue weighted by molar-refractivity contribution is -0.130. The number of pyridine rings is 1. The first-order valence-electron chi connectivity index (χ1n) is 9.07. The molecule has 3 heterocycles. The van der Waals surface area contributed by atoms with E-state index < -0.39 is 0 Å². The quantitative estimate of drug-likeness (QED) is 0.410. The highest BCUT2D eigenvalue weighted by Gasteiger charge is 2.27. The van der Waals surface area contributed by atoms with Crippen LogP contribution in [0.3, 0.4) is 0 Å². The molecule has 144 valence electrons. The number of likely N-dealkylation sites (tertiary alicyclic amines) is 2. The minimum absolute atomic E-state index is 0. The van der Waals surface area contributed by atoms with Gasteiger partial charge in [0.15, 0.2) is 5.96 Å². The minimum atomic E-state index is 0. The van der Waals surface area contributed by atoms with Gasteiger partial charge in [0, 0.05) is 45.4 Å². The van der Waals surface area contributed by atoms with Crippen molar-refractivity contribution >= 4 is 35.8 Å². The van der Waals surface area contributed by atoms with E-state index in [1.54, 1.807) is 13.2 Å². The largest absolute Gasteiger partial charge is 0.472 e. The Morgan fingerprint density at radius 1 is 1.27 bits per heavy atom. The van der Waals surface area contributed by atoms with Crippen LogP contribution in [0, 0.1) is 0 Å². The van der Waals surface area contributed by atoms with Crippen molar-refractivity contribution in [2.75, 3.05) is 39.8 Å². The van der Waals surface area contributed by atoms with Crippen molar-refractivity contribution in [2.24, 2.45) is 4.99 Å². The van der Waals surface area contributed by atoms with Crippen molar-refractivity contribution in [3.63, 3.8) is 0 Å². The summed E-state index contributed by atoms with van der Waals surface area (Å²) in [5, 5.41) is 3.21. The molecule has 2 aliphatic heterocycles. The fourth-order valence-corrected chi connectivity index (χ4v) is 3.35. The van der Waals surface area contributed by atoms with Gasteiger partial charge in [0.2, 0.25) is 11.8 Å². The molecule has 0 aliphatic carbocycles. The number of nitrogens with zero attached hydrogens (tertiary/aromatic N) is 4. The van der Waals surface area contributed by atoms with E-state index in [0.29, 0.717) is 12.4 Å². The van der Waals surface area contributed by atoms with Gasteiger partial charge in [-0.3, -0.25) is 9.79 Å². The van der Waals surface area contributed by atoms with E-state index in [-0.39, 0.29) is 36.0 Å². The fraction of sp³-hybridized carbons (Fsp3) is 0.611. The molecule has 0 radical (unpaired) electrons. The Hall–Kier alpha value is -1.58. The zero-order valence-corrected chi connectivity index (χ0v) is 17.6. The number of carbonyl (C=O) groups excluding carboxylic acids is 1. The van der Waals surface area contributed by atoms with Gasteiger partial charge in [0.1, 0.15) is 6.10 Å². The third-order valence-corrected chi connectivity index (χ3v) is 4.69. The van der Waals surface area contributed by atoms with E-state index in [9.17, 15) is 4.79 Å². The summed E-state index contributed by atoms with van der Waals surface area (Å²) in [5.74, 6) is 1.57. The third kappa shape index (κ3) is 5.72. The number of rotatable bonds is 4. The molecule has 0 spiro atoms. The summed E-state index contributed by atoms with van der Waals surface area (Å²) < 4.78 is 5.91. The number of piperidine rings is 1. The van der Waals surface area contributed by atoms with Crippen molar-refractivity contribution < 1.29 is 9.53 Å². The van der Waals surface area contributed by atoms with Crippen LogP contribution in [0.5, 0.6) is 5.88 Å². The highest BCUT2D eigenvalue weighted by atomic mass is 127. The molecule has 1 unspecified atom stereocenters. The predicted molar refractivity (Wildman–Crippen MR) is 112 cm³/mol. The molecule has 2 aliphatic rings. The van der Waals surface area contributed by atoms with Crippen LogP contribution in [0.15, 0.2) is 29.4 Å². The van der Waals surface area contributed by atoms with E-state index in [1.807, 2.05) is 23.1 Å². The average molecular weight is 473 g/mol. The van der Waals surface area contributed by atoms with Crippen LogP contribution in [0.2, 0.25) is 0 Å². The highest BCUT2D eigenvalue weighted by Crippen LogP contribution is 2.16. The van der Waals surface area contributed by atoms with Gasteiger partial charge in [-0.2, -0.15) is 0 Å². The molecular formula is C18H28IN5O2. The molecule has 0 aromatic carbocycles. The Kier molecular flexibility index (Phi) is 8.40. The highest BCUT2D eigenvalue weighted by molar-refractivity contribution is 14.0. The number of nitrogens with one attached hydrogen (secondary N) is 1. The number of hydrogen-bond donors (Lipinski definition) is 1. The van der Waals surface area contributed by atoms with Gasteiger partial charge in [-0.25, -0.2) is 4.98 Å². The summed E-state index contributed by atoms with van der Waals surface area (Å²) in [6, 6.07) is 5.66. The monoisotopic (exact) mass is 473 g/mol. The molecule has 3 rings (SSSR count). The number of hydrogen-bond acceptors (Lipinski definition) is 4. The van der Waals surface area contributed by atoms with E-state index in [1.165, 1.54) is 6.42 Å². The lowest BCUT2D eigenvalue weighted by Crippen LogP contribution is -2.47. The minimum Gasteiger partial charge on any atom is -0.472 e. The average Bonchev–Trinajstić information content (AvgIpc) is 3.12. The number of guanidine groups is 1. The lowest BCUT2D eigenvalue weighted by Gasteiger charge is -2.28. The zero-order valence-electron chi connectivity index (χ0n) is 15.3. The molecule has 0 saturated carbocycles. The summed E-state index contributed by atoms with van der Waals surface area (Å²) in [6.07, 6.45) is 6.18. The molecule has 7 nitrogen and oxygen atoms in total. The number of halogens is 1. The van der Waals surface area contributed by atoms with E-state index in [2.05, 4.69) is 20.2 Å². The van der Waals surface area contributed by atoms with Crippen LogP contribution >= 0.6 is 24.0 Å². The van der Waals surface area contributed by atoms with Crippen LogP contribution in [-0.2, 0) is 4.79 Å². The van der Waals surface area contributed by atoms with Crippen LogP contribution in [0.4, 0.5) is 0 Å². The van der Waals surface area contributed by atoms with Crippen LogP contribution in [0.25, 0.3) is 0 Å². The van der Waals surface area contributed by atoms with Gasteiger partial charge in [-0.1, -0.05) is 6.07 Å². The van der Waals surface area contributed by atoms with Crippen LogP contribution < -0.4 is 10.1 Å². The van der Waals surface area contributed by atoms with E-state index >= 15 is 0 Å². The fourth-order valence-electron chi connectivity index (χ4n) is 3.35. The third-order valence-electron chi connectivity index (χ3n) is 4.69. The summed E-state index contributed by atoms with van der Waals surface area (Å²) in [7, 11) is 1.75. The van der Waals surface area contributed by atoms with Crippen molar-refractivity contribution in [1.82, 2.24) is 20.1 Å². The maximum absolute atomic E-state index is 12.3. The van der Waals surface area contributed by atoms with Gasteiger partial charge in [0.25, 0.3) is 0 Å². The summed E-state index contributed by atoms with van der Waals surface area (Å²) in [6.45, 7) is 3.66. The molecule has 1 aromatic rings. The maximum Gasteiger partial charge on any atom is 0.241 e. The summed E-state index contributed by atoms with van der Waals surface area (Å²) in [4.78, 5) is 24.9. The Balaban J connectivity index is 0.00000243. The number of amides is 1. The van der Waals surface area contributed by atoms with Gasteiger partial charge in [-0.15, -0.1) is 24.0 Å². The summed E-state index contributed by atoms with van der Waals surface area (Å²) in [5.41, 5.74) is 0. The Morgan fingerprint density at radius 3 is 2.77 bits per heavy atom. The number of aromatic nitrogens is 1. The normalized spacial score (nSPS) is 20.5. The van der Waals surface area contributed by atoms with Gasteiger partial charge in [0.05, 0.1) is 13.1 Å². The lowest BCUT2D eigenvalue weighted by atomic mass is 10.1. The Labute approximate surface area is 172 Å². The first-order chi connectivity index (χ1) is 12.3. The molecular weight excluding hydrogens is 445 g/mol. The molecule has 2 fully saturated rings. The second kappa shape index (κ2) is 10.5. The van der Waals surface area contributed by atoms with Crippen molar-refractivity contribution in [3.8, 4) is 5.88 Å². The van der Waals surface area contributed by atoms with Crippen LogP contribution in [0.1, 0.15) is 25.7 Å². The van der Waals surface area contributed by atoms with Crippen molar-refractivity contribution in [3.05, 3.63) is 24.4 Å². The molecule has 0 bridgehead atoms. The topological polar surface area (TPSA) is 70.1 Å². The van der Waals surface area contributed by atoms with E-state index in [4.69, 9.17) is 4.74 Å². The Morgan fingerprint density at radius 2 is 2.08 bits per heavy atom. The van der Waals surface area contributed by atoms with Crippen molar-refractivity contribution in [2.45, 2.75) is 31.8 Å². The summed E-state index contributed by atoms with van der Waals surface area (Å²) >= 11 is 0. The molecule has 26 heavy (non-hydrogen) atoms. The smallest absolute Gasteiger partial charge is 0.241 e. The second-order valence-corrected chi connectivity index (χ2v) is 6.48. The molecule has 1 N–H and O–H groups in total. The van der Waals surface area contributed by atoms with Crippen LogP contribution in [-0.4, -0.2) is 72.5 Å². The van der Waals surface area contributed by atoms with Gasteiger partial charge >= 0.3 is 0 Å². The second-order valence-electron chi connectivity index (χ2n) is 6.48. The standard InChI is InChI=1S/C18H27N5O2.HI/c1-19-18(21-13-17(24)22-10-5-2-6-11-22)23-12-8-15(14-23)25-16-7-3-4-9-20-16;/h3-4,7,9,15H,2,5-6,8,10-14H2,1H3,(H,19,21);1H. The zero-order chi connectivity index (χ0) is 17.5. The molecule has 2 saturated heterocycles. The van der Waals surface area contributed by atoms with Crippen molar-refractivity contribution in [1.29, 1.82) is 0 Å².